The Morgan fingerprint density at radius 1 is 1.52 bits per heavy atom. The van der Waals surface area contributed by atoms with Crippen LogP contribution in [0.3, 0.4) is 0 Å². The fourth-order valence-corrected chi connectivity index (χ4v) is 3.96. The van der Waals surface area contributed by atoms with Gasteiger partial charge in [-0.1, -0.05) is 11.3 Å². The lowest BCUT2D eigenvalue weighted by Crippen LogP contribution is -2.43. The maximum Gasteiger partial charge on any atom is 0.275 e. The number of methoxy groups -OCH3 is 1. The van der Waals surface area contributed by atoms with Gasteiger partial charge < -0.3 is 15.0 Å². The van der Waals surface area contributed by atoms with Crippen LogP contribution in [0, 0.1) is 12.8 Å². The Bertz CT molecular complexity index is 803. The third-order valence-electron chi connectivity index (χ3n) is 4.25. The van der Waals surface area contributed by atoms with Crippen LogP contribution >= 0.6 is 11.3 Å². The van der Waals surface area contributed by atoms with Crippen molar-refractivity contribution in [3.63, 3.8) is 0 Å². The molecule has 2 aromatic rings. The highest BCUT2D eigenvalue weighted by Crippen LogP contribution is 2.26. The number of anilines is 1. The molecule has 1 aliphatic rings. The smallest absolute Gasteiger partial charge is 0.275 e. The predicted octanol–water partition coefficient (Wildman–Crippen LogP) is 0.829. The van der Waals surface area contributed by atoms with E-state index in [2.05, 4.69) is 20.3 Å². The molecule has 8 nitrogen and oxygen atoms in total. The van der Waals surface area contributed by atoms with Crippen molar-refractivity contribution < 1.29 is 9.53 Å². The van der Waals surface area contributed by atoms with Crippen molar-refractivity contribution in [3.8, 4) is 0 Å². The molecule has 1 amide bonds. The van der Waals surface area contributed by atoms with E-state index in [1.54, 1.807) is 14.0 Å². The van der Waals surface area contributed by atoms with Crippen molar-refractivity contribution in [2.45, 2.75) is 26.2 Å². The number of fused-ring (bicyclic) bond motifs is 1. The largest absolute Gasteiger partial charge is 0.385 e. The summed E-state index contributed by atoms with van der Waals surface area (Å²) in [7, 11) is 1.65. The maximum atomic E-state index is 12.3. The van der Waals surface area contributed by atoms with E-state index < -0.39 is 0 Å². The molecule has 25 heavy (non-hydrogen) atoms. The van der Waals surface area contributed by atoms with Crippen molar-refractivity contribution in [2.24, 2.45) is 5.92 Å². The summed E-state index contributed by atoms with van der Waals surface area (Å²) in [4.78, 5) is 31.4. The van der Waals surface area contributed by atoms with Crippen LogP contribution in [0.15, 0.2) is 10.9 Å². The van der Waals surface area contributed by atoms with Gasteiger partial charge in [0.2, 0.25) is 16.0 Å². The number of carbonyl (C=O) groups excluding carboxylic acids is 1. The summed E-state index contributed by atoms with van der Waals surface area (Å²) in [6.45, 7) is 4.52. The van der Waals surface area contributed by atoms with Gasteiger partial charge in [-0.05, 0) is 26.2 Å². The summed E-state index contributed by atoms with van der Waals surface area (Å²) in [5.41, 5.74) is 0.515. The van der Waals surface area contributed by atoms with Crippen LogP contribution in [-0.4, -0.2) is 53.9 Å². The Morgan fingerprint density at radius 2 is 2.36 bits per heavy atom. The normalized spacial score (nSPS) is 17.8. The number of piperidine rings is 1. The first-order chi connectivity index (χ1) is 12.1. The monoisotopic (exact) mass is 365 g/mol. The molecule has 1 atom stereocenters. The molecule has 1 N–H and O–H groups in total. The van der Waals surface area contributed by atoms with E-state index in [-0.39, 0.29) is 17.4 Å². The van der Waals surface area contributed by atoms with E-state index >= 15 is 0 Å². The second kappa shape index (κ2) is 7.92. The highest BCUT2D eigenvalue weighted by atomic mass is 32.1. The number of nitrogens with one attached hydrogen (secondary N) is 1. The van der Waals surface area contributed by atoms with E-state index in [1.165, 1.54) is 21.9 Å². The molecule has 3 heterocycles. The van der Waals surface area contributed by atoms with Crippen molar-refractivity contribution >= 4 is 27.3 Å². The van der Waals surface area contributed by atoms with Gasteiger partial charge in [0.1, 0.15) is 0 Å². The fourth-order valence-electron chi connectivity index (χ4n) is 2.98. The lowest BCUT2D eigenvalue weighted by molar-refractivity contribution is -0.125. The van der Waals surface area contributed by atoms with Crippen molar-refractivity contribution in [3.05, 3.63) is 22.1 Å². The van der Waals surface area contributed by atoms with Gasteiger partial charge in [0.05, 0.1) is 5.92 Å². The number of ether oxygens (including phenoxy) is 1. The average molecular weight is 365 g/mol. The number of aryl methyl sites for hydroxylation is 1. The minimum Gasteiger partial charge on any atom is -0.385 e. The number of amides is 1. The van der Waals surface area contributed by atoms with Gasteiger partial charge in [0, 0.05) is 45.1 Å². The van der Waals surface area contributed by atoms with Crippen LogP contribution in [0.4, 0.5) is 5.13 Å². The van der Waals surface area contributed by atoms with Gasteiger partial charge in [0.15, 0.2) is 0 Å². The molecular formula is C16H23N5O3S. The predicted molar refractivity (Wildman–Crippen MR) is 96.3 cm³/mol. The highest BCUT2D eigenvalue weighted by Gasteiger charge is 2.27. The quantitative estimate of drug-likeness (QED) is 0.763. The van der Waals surface area contributed by atoms with Crippen LogP contribution in [0.1, 0.15) is 25.0 Å². The molecule has 0 unspecified atom stereocenters. The van der Waals surface area contributed by atoms with Gasteiger partial charge in [0.25, 0.3) is 5.56 Å². The van der Waals surface area contributed by atoms with Crippen LogP contribution < -0.4 is 15.8 Å². The minimum absolute atomic E-state index is 0.0604. The molecule has 0 radical (unpaired) electrons. The van der Waals surface area contributed by atoms with Gasteiger partial charge in [-0.25, -0.2) is 4.98 Å². The summed E-state index contributed by atoms with van der Waals surface area (Å²) in [5, 5.41) is 8.11. The summed E-state index contributed by atoms with van der Waals surface area (Å²) < 4.78 is 6.33. The van der Waals surface area contributed by atoms with Crippen LogP contribution in [0.25, 0.3) is 4.96 Å². The summed E-state index contributed by atoms with van der Waals surface area (Å²) >= 11 is 1.39. The fraction of sp³-hybridized carbons (Fsp3) is 0.625. The number of hydrogen-bond acceptors (Lipinski definition) is 7. The summed E-state index contributed by atoms with van der Waals surface area (Å²) in [5.74, 6) is 0.0165. The zero-order chi connectivity index (χ0) is 17.8. The average Bonchev–Trinajstić information content (AvgIpc) is 3.03. The lowest BCUT2D eigenvalue weighted by Gasteiger charge is -2.31. The van der Waals surface area contributed by atoms with Gasteiger partial charge >= 0.3 is 0 Å². The molecule has 9 heteroatoms. The molecule has 0 aliphatic carbocycles. The number of aromatic nitrogens is 3. The number of hydrogen-bond donors (Lipinski definition) is 1. The summed E-state index contributed by atoms with van der Waals surface area (Å²) in [6, 6.07) is 1.48. The van der Waals surface area contributed by atoms with E-state index in [0.717, 1.165) is 30.9 Å². The topological polar surface area (TPSA) is 88.8 Å². The molecule has 1 aliphatic heterocycles. The maximum absolute atomic E-state index is 12.3. The molecule has 1 fully saturated rings. The van der Waals surface area contributed by atoms with E-state index in [9.17, 15) is 9.59 Å². The SMILES string of the molecule is COCCCNC(=O)[C@H]1CCCN(c2nn3c(=O)cc(C)nc3s2)C1. The number of rotatable bonds is 6. The van der Waals surface area contributed by atoms with Crippen LogP contribution in [-0.2, 0) is 9.53 Å². The molecule has 3 rings (SSSR count). The Kier molecular flexibility index (Phi) is 5.64. The van der Waals surface area contributed by atoms with E-state index in [0.29, 0.717) is 30.4 Å². The second-order valence-corrected chi connectivity index (χ2v) is 7.17. The van der Waals surface area contributed by atoms with Crippen molar-refractivity contribution in [1.82, 2.24) is 19.9 Å². The first kappa shape index (κ1) is 17.8. The Hall–Kier alpha value is -2.00. The molecule has 136 valence electrons. The third kappa shape index (κ3) is 4.16. The molecule has 0 aromatic carbocycles. The molecule has 0 spiro atoms. The molecule has 2 aromatic heterocycles. The number of nitrogens with zero attached hydrogens (tertiary/aromatic N) is 4. The molecule has 1 saturated heterocycles. The molecule has 0 bridgehead atoms. The molecular weight excluding hydrogens is 342 g/mol. The number of carbonyl (C=O) groups is 1. The van der Waals surface area contributed by atoms with Gasteiger partial charge in [-0.2, -0.15) is 4.52 Å². The highest BCUT2D eigenvalue weighted by molar-refractivity contribution is 7.20. The Labute approximate surface area is 149 Å². The first-order valence-corrected chi connectivity index (χ1v) is 9.29. The van der Waals surface area contributed by atoms with Crippen molar-refractivity contribution in [1.29, 1.82) is 0 Å². The lowest BCUT2D eigenvalue weighted by atomic mass is 9.97. The van der Waals surface area contributed by atoms with E-state index in [1.807, 2.05) is 0 Å². The van der Waals surface area contributed by atoms with E-state index in [4.69, 9.17) is 4.74 Å². The van der Waals surface area contributed by atoms with Crippen LogP contribution in [0.5, 0.6) is 0 Å². The third-order valence-corrected chi connectivity index (χ3v) is 5.22. The zero-order valence-electron chi connectivity index (χ0n) is 14.5. The Balaban J connectivity index is 1.68. The minimum atomic E-state index is -0.172. The van der Waals surface area contributed by atoms with Crippen LogP contribution in [0.2, 0.25) is 0 Å². The zero-order valence-corrected chi connectivity index (χ0v) is 15.3. The van der Waals surface area contributed by atoms with Gasteiger partial charge in [-0.3, -0.25) is 9.59 Å². The van der Waals surface area contributed by atoms with Gasteiger partial charge in [-0.15, -0.1) is 5.10 Å². The standard InChI is InChI=1S/C16H23N5O3S/c1-11-9-13(22)21-15(18-11)25-16(19-21)20-7-3-5-12(10-20)14(23)17-6-4-8-24-2/h9,12H,3-8,10H2,1-2H3,(H,17,23)/t12-/m0/s1. The summed E-state index contributed by atoms with van der Waals surface area (Å²) in [6.07, 6.45) is 2.60. The second-order valence-electron chi connectivity index (χ2n) is 6.24. The molecule has 0 saturated carbocycles. The Morgan fingerprint density at radius 3 is 3.16 bits per heavy atom. The first-order valence-electron chi connectivity index (χ1n) is 8.47. The van der Waals surface area contributed by atoms with Crippen molar-refractivity contribution in [2.75, 3.05) is 38.3 Å².